The average Bonchev–Trinajstić information content (AvgIpc) is 3.40. The van der Waals surface area contributed by atoms with Crippen LogP contribution in [0.25, 0.3) is 0 Å². The van der Waals surface area contributed by atoms with E-state index in [1.807, 2.05) is 18.2 Å². The molecule has 6 nitrogen and oxygen atoms in total. The molecule has 0 bridgehead atoms. The van der Waals surface area contributed by atoms with Gasteiger partial charge in [-0.25, -0.2) is 0 Å². The van der Waals surface area contributed by atoms with Crippen molar-refractivity contribution in [2.24, 2.45) is 4.99 Å². The minimum atomic E-state index is -0.230. The number of guanidine groups is 1. The summed E-state index contributed by atoms with van der Waals surface area (Å²) in [5.41, 5.74) is 0.921. The highest BCUT2D eigenvalue weighted by Gasteiger charge is 2.33. The maximum absolute atomic E-state index is 11.7. The van der Waals surface area contributed by atoms with E-state index in [1.165, 1.54) is 0 Å². The van der Waals surface area contributed by atoms with E-state index in [1.54, 1.807) is 7.05 Å². The third kappa shape index (κ3) is 6.55. The largest absolute Gasteiger partial charge is 0.487 e. The van der Waals surface area contributed by atoms with Gasteiger partial charge < -0.3 is 20.7 Å². The third-order valence-electron chi connectivity index (χ3n) is 4.73. The third-order valence-corrected chi connectivity index (χ3v) is 4.73. The van der Waals surface area contributed by atoms with Crippen molar-refractivity contribution in [3.05, 3.63) is 29.8 Å². The molecular formula is C20H31IN4O2. The van der Waals surface area contributed by atoms with Gasteiger partial charge in [0.15, 0.2) is 5.96 Å². The molecule has 1 heterocycles. The van der Waals surface area contributed by atoms with Crippen molar-refractivity contribution in [3.63, 3.8) is 0 Å². The molecular weight excluding hydrogens is 455 g/mol. The number of benzene rings is 1. The molecule has 1 unspecified atom stereocenters. The van der Waals surface area contributed by atoms with Crippen LogP contribution < -0.4 is 20.7 Å². The van der Waals surface area contributed by atoms with Gasteiger partial charge in [-0.15, -0.1) is 24.0 Å². The summed E-state index contributed by atoms with van der Waals surface area (Å²) in [4.78, 5) is 16.1. The first-order chi connectivity index (χ1) is 12.5. The lowest BCUT2D eigenvalue weighted by atomic mass is 9.90. The first kappa shape index (κ1) is 21.8. The summed E-state index contributed by atoms with van der Waals surface area (Å²) >= 11 is 0. The highest BCUT2D eigenvalue weighted by Crippen LogP contribution is 2.39. The van der Waals surface area contributed by atoms with Crippen LogP contribution in [0, 0.1) is 0 Å². The molecule has 1 aliphatic heterocycles. The molecule has 0 spiro atoms. The average molecular weight is 486 g/mol. The maximum atomic E-state index is 11.7. The number of hydrogen-bond donors (Lipinski definition) is 3. The van der Waals surface area contributed by atoms with Crippen LogP contribution in [0.4, 0.5) is 0 Å². The van der Waals surface area contributed by atoms with Gasteiger partial charge >= 0.3 is 0 Å². The standard InChI is InChI=1S/C20H30N4O2.HI/c1-20(2)13-16(15-7-4-5-8-17(15)26-20)24-19(21-3)22-12-6-9-18(25)23-14-10-11-14;/h4-5,7-8,14,16H,6,9-13H2,1-3H3,(H,23,25)(H2,21,22,24);1H. The highest BCUT2D eigenvalue weighted by atomic mass is 127. The second kappa shape index (κ2) is 9.61. The summed E-state index contributed by atoms with van der Waals surface area (Å²) in [6.45, 7) is 4.92. The van der Waals surface area contributed by atoms with E-state index >= 15 is 0 Å². The van der Waals surface area contributed by atoms with Crippen molar-refractivity contribution >= 4 is 35.8 Å². The van der Waals surface area contributed by atoms with Crippen molar-refractivity contribution in [3.8, 4) is 5.75 Å². The lowest BCUT2D eigenvalue weighted by Gasteiger charge is -2.38. The van der Waals surface area contributed by atoms with Crippen molar-refractivity contribution in [2.75, 3.05) is 13.6 Å². The number of carbonyl (C=O) groups is 1. The number of aliphatic imine (C=N–C) groups is 1. The van der Waals surface area contributed by atoms with Gasteiger partial charge in [0.25, 0.3) is 0 Å². The molecule has 7 heteroatoms. The van der Waals surface area contributed by atoms with Crippen molar-refractivity contribution in [2.45, 2.75) is 63.6 Å². The Morgan fingerprint density at radius 3 is 2.70 bits per heavy atom. The Balaban J connectivity index is 0.00000261. The molecule has 1 fully saturated rings. The fourth-order valence-electron chi connectivity index (χ4n) is 3.27. The van der Waals surface area contributed by atoms with Crippen LogP contribution in [0.2, 0.25) is 0 Å². The Bertz CT molecular complexity index is 674. The number of nitrogens with one attached hydrogen (secondary N) is 3. The van der Waals surface area contributed by atoms with Crippen LogP contribution in [0.5, 0.6) is 5.75 Å². The number of carbonyl (C=O) groups excluding carboxylic acids is 1. The summed E-state index contributed by atoms with van der Waals surface area (Å²) in [5.74, 6) is 1.83. The van der Waals surface area contributed by atoms with Gasteiger partial charge in [0.1, 0.15) is 11.4 Å². The molecule has 0 aromatic heterocycles. The predicted molar refractivity (Wildman–Crippen MR) is 119 cm³/mol. The smallest absolute Gasteiger partial charge is 0.220 e. The normalized spacial score (nSPS) is 20.6. The van der Waals surface area contributed by atoms with Gasteiger partial charge in [0.05, 0.1) is 6.04 Å². The minimum absolute atomic E-state index is 0. The van der Waals surface area contributed by atoms with E-state index in [-0.39, 0.29) is 41.5 Å². The van der Waals surface area contributed by atoms with Crippen LogP contribution in [-0.2, 0) is 4.79 Å². The molecule has 3 rings (SSSR count). The lowest BCUT2D eigenvalue weighted by Crippen LogP contribution is -2.45. The zero-order valence-electron chi connectivity index (χ0n) is 16.4. The van der Waals surface area contributed by atoms with Crippen molar-refractivity contribution < 1.29 is 9.53 Å². The molecule has 1 aliphatic carbocycles. The van der Waals surface area contributed by atoms with Crippen molar-refractivity contribution in [1.29, 1.82) is 0 Å². The molecule has 1 aromatic carbocycles. The number of ether oxygens (including phenoxy) is 1. The summed E-state index contributed by atoms with van der Waals surface area (Å²) in [6, 6.07) is 8.71. The van der Waals surface area contributed by atoms with Gasteiger partial charge in [0.2, 0.25) is 5.91 Å². The molecule has 1 atom stereocenters. The summed E-state index contributed by atoms with van der Waals surface area (Å²) in [7, 11) is 1.77. The number of halogens is 1. The number of para-hydroxylation sites is 1. The van der Waals surface area contributed by atoms with Gasteiger partial charge in [-0.3, -0.25) is 9.79 Å². The Labute approximate surface area is 178 Å². The van der Waals surface area contributed by atoms with E-state index < -0.39 is 0 Å². The number of fused-ring (bicyclic) bond motifs is 1. The Morgan fingerprint density at radius 2 is 2.00 bits per heavy atom. The molecule has 150 valence electrons. The van der Waals surface area contributed by atoms with Gasteiger partial charge in [-0.05, 0) is 39.2 Å². The number of nitrogens with zero attached hydrogens (tertiary/aromatic N) is 1. The van der Waals surface area contributed by atoms with Gasteiger partial charge in [-0.2, -0.15) is 0 Å². The summed E-state index contributed by atoms with van der Waals surface area (Å²) in [5, 5.41) is 9.84. The lowest BCUT2D eigenvalue weighted by molar-refractivity contribution is -0.121. The maximum Gasteiger partial charge on any atom is 0.220 e. The van der Waals surface area contributed by atoms with Crippen molar-refractivity contribution in [1.82, 2.24) is 16.0 Å². The molecule has 0 saturated heterocycles. The minimum Gasteiger partial charge on any atom is -0.487 e. The summed E-state index contributed by atoms with van der Waals surface area (Å²) in [6.07, 6.45) is 4.45. The fraction of sp³-hybridized carbons (Fsp3) is 0.600. The first-order valence-electron chi connectivity index (χ1n) is 9.51. The van der Waals surface area contributed by atoms with Crippen LogP contribution in [0.1, 0.15) is 57.6 Å². The van der Waals surface area contributed by atoms with E-state index in [0.29, 0.717) is 19.0 Å². The van der Waals surface area contributed by atoms with Crippen LogP contribution in [-0.4, -0.2) is 37.1 Å². The fourth-order valence-corrected chi connectivity index (χ4v) is 3.27. The van der Waals surface area contributed by atoms with Crippen LogP contribution >= 0.6 is 24.0 Å². The number of hydrogen-bond acceptors (Lipinski definition) is 3. The quantitative estimate of drug-likeness (QED) is 0.250. The molecule has 0 radical (unpaired) electrons. The van der Waals surface area contributed by atoms with Crippen LogP contribution in [0.15, 0.2) is 29.3 Å². The Morgan fingerprint density at radius 1 is 1.26 bits per heavy atom. The van der Waals surface area contributed by atoms with Gasteiger partial charge in [-0.1, -0.05) is 18.2 Å². The van der Waals surface area contributed by atoms with Crippen LogP contribution in [0.3, 0.4) is 0 Å². The molecule has 1 saturated carbocycles. The topological polar surface area (TPSA) is 74.8 Å². The molecule has 2 aliphatic rings. The van der Waals surface area contributed by atoms with E-state index in [2.05, 4.69) is 40.9 Å². The number of rotatable bonds is 6. The zero-order chi connectivity index (χ0) is 18.6. The second-order valence-electron chi connectivity index (χ2n) is 7.74. The Hall–Kier alpha value is -1.51. The predicted octanol–water partition coefficient (Wildman–Crippen LogP) is 3.13. The van der Waals surface area contributed by atoms with E-state index in [0.717, 1.165) is 43.0 Å². The highest BCUT2D eigenvalue weighted by molar-refractivity contribution is 14.0. The number of amides is 1. The van der Waals surface area contributed by atoms with Gasteiger partial charge in [0, 0.05) is 38.0 Å². The SMILES string of the molecule is CN=C(NCCCC(=O)NC1CC1)NC1CC(C)(C)Oc2ccccc21.I. The zero-order valence-corrected chi connectivity index (χ0v) is 18.7. The molecule has 1 aromatic rings. The molecule has 1 amide bonds. The molecule has 27 heavy (non-hydrogen) atoms. The van der Waals surface area contributed by atoms with E-state index in [4.69, 9.17) is 4.74 Å². The van der Waals surface area contributed by atoms with E-state index in [9.17, 15) is 4.79 Å². The summed E-state index contributed by atoms with van der Waals surface area (Å²) < 4.78 is 6.08. The first-order valence-corrected chi connectivity index (χ1v) is 9.51. The monoisotopic (exact) mass is 486 g/mol. The second-order valence-corrected chi connectivity index (χ2v) is 7.74. The Kier molecular flexibility index (Phi) is 7.76. The molecule has 3 N–H and O–H groups in total.